The molecule has 1 saturated heterocycles. The van der Waals surface area contributed by atoms with Gasteiger partial charge in [-0.1, -0.05) is 0 Å². The Kier molecular flexibility index (Phi) is 3.09. The van der Waals surface area contributed by atoms with Crippen molar-refractivity contribution < 1.29 is 14.6 Å². The predicted molar refractivity (Wildman–Crippen MR) is 49.6 cm³/mol. The van der Waals surface area contributed by atoms with Gasteiger partial charge < -0.3 is 9.84 Å². The van der Waals surface area contributed by atoms with E-state index >= 15 is 0 Å². The number of rotatable bonds is 2. The second-order valence-electron chi connectivity index (χ2n) is 3.75. The molecule has 0 bridgehead atoms. The van der Waals surface area contributed by atoms with Crippen molar-refractivity contribution >= 4 is 5.97 Å². The van der Waals surface area contributed by atoms with Crippen LogP contribution in [0.2, 0.25) is 0 Å². The fraction of sp³-hybridized carbons (Fsp3) is 0.700. The number of carboxylic acid groups (broad SMARTS) is 1. The molecule has 1 unspecified atom stereocenters. The zero-order valence-corrected chi connectivity index (χ0v) is 8.17. The van der Waals surface area contributed by atoms with Crippen molar-refractivity contribution in [3.63, 3.8) is 0 Å². The zero-order chi connectivity index (χ0) is 9.90. The van der Waals surface area contributed by atoms with Crippen LogP contribution in [0.25, 0.3) is 0 Å². The lowest BCUT2D eigenvalue weighted by Gasteiger charge is -2.31. The molecule has 74 valence electrons. The van der Waals surface area contributed by atoms with Crippen molar-refractivity contribution in [2.24, 2.45) is 0 Å². The van der Waals surface area contributed by atoms with Crippen LogP contribution in [0.1, 0.15) is 33.1 Å². The summed E-state index contributed by atoms with van der Waals surface area (Å²) >= 11 is 0. The average molecular weight is 184 g/mol. The SMILES string of the molecule is C/C(=C\C1(C)CCCCO1)C(=O)O. The topological polar surface area (TPSA) is 46.5 Å². The summed E-state index contributed by atoms with van der Waals surface area (Å²) in [6.45, 7) is 4.28. The van der Waals surface area contributed by atoms with Gasteiger partial charge in [0.15, 0.2) is 0 Å². The molecule has 1 aliphatic heterocycles. The summed E-state index contributed by atoms with van der Waals surface area (Å²) in [7, 11) is 0. The van der Waals surface area contributed by atoms with Crippen LogP contribution in [0.4, 0.5) is 0 Å². The number of ether oxygens (including phenoxy) is 1. The Morgan fingerprint density at radius 2 is 2.23 bits per heavy atom. The van der Waals surface area contributed by atoms with Gasteiger partial charge in [0.25, 0.3) is 0 Å². The van der Waals surface area contributed by atoms with Gasteiger partial charge in [0, 0.05) is 12.2 Å². The number of hydrogen-bond acceptors (Lipinski definition) is 2. The fourth-order valence-corrected chi connectivity index (χ4v) is 1.59. The second-order valence-corrected chi connectivity index (χ2v) is 3.75. The van der Waals surface area contributed by atoms with Gasteiger partial charge in [0.2, 0.25) is 0 Å². The van der Waals surface area contributed by atoms with Gasteiger partial charge in [-0.3, -0.25) is 0 Å². The minimum atomic E-state index is -0.865. The molecule has 0 saturated carbocycles. The predicted octanol–water partition coefficient (Wildman–Crippen LogP) is 1.98. The van der Waals surface area contributed by atoms with Crippen LogP contribution in [0.3, 0.4) is 0 Å². The molecule has 0 aliphatic carbocycles. The van der Waals surface area contributed by atoms with E-state index in [1.807, 2.05) is 6.92 Å². The third kappa shape index (κ3) is 2.84. The monoisotopic (exact) mass is 184 g/mol. The molecule has 0 aromatic heterocycles. The number of carbonyl (C=O) groups is 1. The fourth-order valence-electron chi connectivity index (χ4n) is 1.59. The first-order valence-corrected chi connectivity index (χ1v) is 4.60. The first kappa shape index (κ1) is 10.3. The van der Waals surface area contributed by atoms with Crippen molar-refractivity contribution in [2.75, 3.05) is 6.61 Å². The lowest BCUT2D eigenvalue weighted by atomic mass is 9.94. The molecular weight excluding hydrogens is 168 g/mol. The molecule has 1 fully saturated rings. The van der Waals surface area contributed by atoms with E-state index in [1.54, 1.807) is 13.0 Å². The maximum Gasteiger partial charge on any atom is 0.331 e. The number of aliphatic carboxylic acids is 1. The third-order valence-electron chi connectivity index (χ3n) is 2.36. The van der Waals surface area contributed by atoms with Crippen molar-refractivity contribution in [1.82, 2.24) is 0 Å². The molecule has 1 rings (SSSR count). The number of carboxylic acids is 1. The van der Waals surface area contributed by atoms with Gasteiger partial charge in [-0.2, -0.15) is 0 Å². The summed E-state index contributed by atoms with van der Waals surface area (Å²) in [4.78, 5) is 10.6. The first-order valence-electron chi connectivity index (χ1n) is 4.60. The second kappa shape index (κ2) is 3.92. The smallest absolute Gasteiger partial charge is 0.331 e. The van der Waals surface area contributed by atoms with Gasteiger partial charge >= 0.3 is 5.97 Å². The average Bonchev–Trinajstić information content (AvgIpc) is 2.04. The highest BCUT2D eigenvalue weighted by atomic mass is 16.5. The number of hydrogen-bond donors (Lipinski definition) is 1. The third-order valence-corrected chi connectivity index (χ3v) is 2.36. The Labute approximate surface area is 78.4 Å². The molecule has 3 heteroatoms. The van der Waals surface area contributed by atoms with Gasteiger partial charge in [0.05, 0.1) is 5.60 Å². The minimum Gasteiger partial charge on any atom is -0.478 e. The largest absolute Gasteiger partial charge is 0.478 e. The van der Waals surface area contributed by atoms with Crippen LogP contribution in [-0.2, 0) is 9.53 Å². The summed E-state index contributed by atoms with van der Waals surface area (Å²) in [6, 6.07) is 0. The molecule has 0 aromatic carbocycles. The Morgan fingerprint density at radius 1 is 1.54 bits per heavy atom. The highest BCUT2D eigenvalue weighted by Gasteiger charge is 2.26. The van der Waals surface area contributed by atoms with Crippen LogP contribution in [0.15, 0.2) is 11.6 Å². The molecular formula is C10H16O3. The van der Waals surface area contributed by atoms with Crippen molar-refractivity contribution in [2.45, 2.75) is 38.7 Å². The quantitative estimate of drug-likeness (QED) is 0.667. The highest BCUT2D eigenvalue weighted by molar-refractivity contribution is 5.86. The van der Waals surface area contributed by atoms with E-state index in [2.05, 4.69) is 0 Å². The normalized spacial score (nSPS) is 30.2. The Balaban J connectivity index is 2.68. The Morgan fingerprint density at radius 3 is 2.69 bits per heavy atom. The lowest BCUT2D eigenvalue weighted by molar-refractivity contribution is -0.132. The van der Waals surface area contributed by atoms with Crippen molar-refractivity contribution in [1.29, 1.82) is 0 Å². The molecule has 1 heterocycles. The zero-order valence-electron chi connectivity index (χ0n) is 8.17. The molecule has 1 N–H and O–H groups in total. The van der Waals surface area contributed by atoms with Crippen LogP contribution >= 0.6 is 0 Å². The molecule has 0 amide bonds. The van der Waals surface area contributed by atoms with E-state index in [1.165, 1.54) is 0 Å². The maximum absolute atomic E-state index is 10.6. The molecule has 0 radical (unpaired) electrons. The Bertz CT molecular complexity index is 224. The molecule has 1 atom stereocenters. The van der Waals surface area contributed by atoms with E-state index in [4.69, 9.17) is 9.84 Å². The van der Waals surface area contributed by atoms with Gasteiger partial charge in [-0.15, -0.1) is 0 Å². The van der Waals surface area contributed by atoms with Crippen LogP contribution in [0.5, 0.6) is 0 Å². The summed E-state index contributed by atoms with van der Waals surface area (Å²) < 4.78 is 5.55. The van der Waals surface area contributed by atoms with Crippen LogP contribution in [0, 0.1) is 0 Å². The Hall–Kier alpha value is -0.830. The van der Waals surface area contributed by atoms with Crippen LogP contribution in [-0.4, -0.2) is 23.3 Å². The maximum atomic E-state index is 10.6. The van der Waals surface area contributed by atoms with E-state index in [0.717, 1.165) is 25.9 Å². The van der Waals surface area contributed by atoms with Crippen molar-refractivity contribution in [3.8, 4) is 0 Å². The molecule has 1 aliphatic rings. The summed E-state index contributed by atoms with van der Waals surface area (Å²) in [5, 5.41) is 8.70. The van der Waals surface area contributed by atoms with E-state index < -0.39 is 5.97 Å². The highest BCUT2D eigenvalue weighted by Crippen LogP contribution is 2.26. The standard InChI is InChI=1S/C10H16O3/c1-8(9(11)12)7-10(2)5-3-4-6-13-10/h7H,3-6H2,1-2H3,(H,11,12)/b8-7+. The van der Waals surface area contributed by atoms with E-state index in [9.17, 15) is 4.79 Å². The van der Waals surface area contributed by atoms with E-state index in [-0.39, 0.29) is 5.60 Å². The van der Waals surface area contributed by atoms with Crippen LogP contribution < -0.4 is 0 Å². The van der Waals surface area contributed by atoms with Crippen molar-refractivity contribution in [3.05, 3.63) is 11.6 Å². The molecule has 13 heavy (non-hydrogen) atoms. The summed E-state index contributed by atoms with van der Waals surface area (Å²) in [5.74, 6) is -0.865. The van der Waals surface area contributed by atoms with Gasteiger partial charge in [-0.25, -0.2) is 4.79 Å². The molecule has 3 nitrogen and oxygen atoms in total. The van der Waals surface area contributed by atoms with Gasteiger partial charge in [0.1, 0.15) is 0 Å². The van der Waals surface area contributed by atoms with E-state index in [0.29, 0.717) is 5.57 Å². The summed E-state index contributed by atoms with van der Waals surface area (Å²) in [6.07, 6.45) is 4.82. The molecule has 0 aromatic rings. The van der Waals surface area contributed by atoms with Gasteiger partial charge in [-0.05, 0) is 39.2 Å². The first-order chi connectivity index (χ1) is 6.03. The minimum absolute atomic E-state index is 0.360. The lowest BCUT2D eigenvalue weighted by Crippen LogP contribution is -2.31. The molecule has 0 spiro atoms. The summed E-state index contributed by atoms with van der Waals surface area (Å²) in [5.41, 5.74) is 0.00479.